The highest BCUT2D eigenvalue weighted by atomic mass is 35.5. The first-order valence-corrected chi connectivity index (χ1v) is 15.8. The number of benzene rings is 4. The van der Waals surface area contributed by atoms with Gasteiger partial charge in [-0.1, -0.05) is 92.8 Å². The monoisotopic (exact) mass is 667 g/mol. The van der Waals surface area contributed by atoms with Gasteiger partial charge in [0.2, 0.25) is 0 Å². The average molecular weight is 671 g/mol. The van der Waals surface area contributed by atoms with Crippen molar-refractivity contribution in [2.45, 2.75) is 27.7 Å². The molecule has 192 valence electrons. The van der Waals surface area contributed by atoms with Crippen LogP contribution < -0.4 is 21.2 Å². The average Bonchev–Trinajstić information content (AvgIpc) is 2.80. The van der Waals surface area contributed by atoms with Crippen molar-refractivity contribution in [2.75, 3.05) is 0 Å². The lowest BCUT2D eigenvalue weighted by Gasteiger charge is -2.33. The molecule has 0 unspecified atom stereocenters. The van der Waals surface area contributed by atoms with Crippen LogP contribution in [-0.2, 0) is 0 Å². The summed E-state index contributed by atoms with van der Waals surface area (Å²) in [6.45, 7) is 7.86. The molecule has 0 aromatic heterocycles. The standard InChI is InChI=1S/C28H20Cl8P/c1-13-21(33)5-17(29)9-25(13)37(26-10-18(30)6-22(34)14(26)2,27-11-19(31)7-23(35)15(27)3)28-12-20(32)8-24(36)16(28)4/h5-12H,1-4H3/q+1. The van der Waals surface area contributed by atoms with Gasteiger partial charge in [-0.15, -0.1) is 0 Å². The maximum Gasteiger partial charge on any atom is 0.145 e. The first-order valence-electron chi connectivity index (χ1n) is 11.0. The van der Waals surface area contributed by atoms with Crippen LogP contribution in [0.5, 0.6) is 0 Å². The molecule has 0 N–H and O–H groups in total. The minimum Gasteiger partial charge on any atom is -0.0841 e. The summed E-state index contributed by atoms with van der Waals surface area (Å²) in [5.74, 6) is 0. The number of hydrogen-bond donors (Lipinski definition) is 0. The van der Waals surface area contributed by atoms with Crippen LogP contribution >= 0.6 is 100 Å². The maximum absolute atomic E-state index is 6.77. The van der Waals surface area contributed by atoms with Crippen molar-refractivity contribution in [3.8, 4) is 0 Å². The Hall–Kier alpha value is -0.370. The molecule has 0 aliphatic rings. The minimum absolute atomic E-state index is 0.484. The zero-order chi connectivity index (χ0) is 27.4. The Balaban J connectivity index is 2.45. The molecule has 37 heavy (non-hydrogen) atoms. The van der Waals surface area contributed by atoms with Crippen LogP contribution in [0.4, 0.5) is 0 Å². The zero-order valence-electron chi connectivity index (χ0n) is 20.1. The summed E-state index contributed by atoms with van der Waals surface area (Å²) >= 11 is 53.8. The normalized spacial score (nSPS) is 11.8. The molecule has 0 fully saturated rings. The Labute approximate surface area is 258 Å². The molecule has 0 heterocycles. The van der Waals surface area contributed by atoms with E-state index in [4.69, 9.17) is 92.8 Å². The molecular weight excluding hydrogens is 651 g/mol. The summed E-state index contributed by atoms with van der Waals surface area (Å²) in [6.07, 6.45) is 0. The summed E-state index contributed by atoms with van der Waals surface area (Å²) in [4.78, 5) is 0. The van der Waals surface area contributed by atoms with Gasteiger partial charge in [-0.05, 0) is 52.0 Å². The Morgan fingerprint density at radius 3 is 0.730 bits per heavy atom. The maximum atomic E-state index is 6.77. The molecule has 0 bridgehead atoms. The molecule has 4 rings (SSSR count). The van der Waals surface area contributed by atoms with Crippen LogP contribution in [0.1, 0.15) is 22.3 Å². The third-order valence-electron chi connectivity index (χ3n) is 6.57. The summed E-state index contributed by atoms with van der Waals surface area (Å²) < 4.78 is 0. The van der Waals surface area contributed by atoms with Gasteiger partial charge in [-0.2, -0.15) is 0 Å². The van der Waals surface area contributed by atoms with Crippen molar-refractivity contribution >= 4 is 121 Å². The topological polar surface area (TPSA) is 0 Å². The smallest absolute Gasteiger partial charge is 0.0841 e. The van der Waals surface area contributed by atoms with Crippen LogP contribution in [0.15, 0.2) is 48.5 Å². The molecule has 0 spiro atoms. The van der Waals surface area contributed by atoms with E-state index >= 15 is 0 Å². The van der Waals surface area contributed by atoms with Crippen molar-refractivity contribution in [2.24, 2.45) is 0 Å². The highest BCUT2D eigenvalue weighted by Crippen LogP contribution is 2.60. The van der Waals surface area contributed by atoms with E-state index in [1.54, 1.807) is 24.3 Å². The van der Waals surface area contributed by atoms with Crippen LogP contribution in [0.25, 0.3) is 0 Å². The molecule has 0 nitrogen and oxygen atoms in total. The van der Waals surface area contributed by atoms with E-state index in [0.717, 1.165) is 43.5 Å². The summed E-state index contributed by atoms with van der Waals surface area (Å²) in [6, 6.07) is 14.7. The van der Waals surface area contributed by atoms with E-state index in [1.807, 2.05) is 52.0 Å². The first-order chi connectivity index (χ1) is 17.3. The molecular formula is C28H20Cl8P+. The van der Waals surface area contributed by atoms with Gasteiger partial charge in [0, 0.05) is 86.7 Å². The van der Waals surface area contributed by atoms with Crippen molar-refractivity contribution in [3.63, 3.8) is 0 Å². The third-order valence-corrected chi connectivity index (χ3v) is 13.8. The molecule has 0 radical (unpaired) electrons. The molecule has 0 atom stereocenters. The summed E-state index contributed by atoms with van der Waals surface area (Å²) in [5, 5.41) is 7.61. The molecule has 0 saturated carbocycles. The van der Waals surface area contributed by atoms with Crippen LogP contribution in [0.3, 0.4) is 0 Å². The Morgan fingerprint density at radius 1 is 0.351 bits per heavy atom. The summed E-state index contributed by atoms with van der Waals surface area (Å²) in [7, 11) is -2.95. The molecule has 4 aromatic carbocycles. The highest BCUT2D eigenvalue weighted by Gasteiger charge is 2.53. The Morgan fingerprint density at radius 2 is 0.541 bits per heavy atom. The molecule has 0 aliphatic heterocycles. The van der Waals surface area contributed by atoms with Crippen molar-refractivity contribution in [1.29, 1.82) is 0 Å². The fourth-order valence-corrected chi connectivity index (χ4v) is 12.6. The Bertz CT molecular complexity index is 1330. The highest BCUT2D eigenvalue weighted by molar-refractivity contribution is 8.02. The lowest BCUT2D eigenvalue weighted by molar-refractivity contribution is 1.47. The van der Waals surface area contributed by atoms with Gasteiger partial charge in [0.05, 0.1) is 0 Å². The van der Waals surface area contributed by atoms with E-state index in [0.29, 0.717) is 40.2 Å². The van der Waals surface area contributed by atoms with Crippen LogP contribution in [-0.4, -0.2) is 0 Å². The van der Waals surface area contributed by atoms with E-state index < -0.39 is 7.26 Å². The number of halogens is 8. The fraction of sp³-hybridized carbons (Fsp3) is 0.143. The van der Waals surface area contributed by atoms with Gasteiger partial charge < -0.3 is 0 Å². The SMILES string of the molecule is Cc1c(Cl)cc(Cl)cc1[P+](c1cc(Cl)cc(Cl)c1C)(c1cc(Cl)cc(Cl)c1C)c1cc(Cl)cc(Cl)c1C. The van der Waals surface area contributed by atoms with Gasteiger partial charge in [0.25, 0.3) is 0 Å². The summed E-state index contributed by atoms with van der Waals surface area (Å²) in [5.41, 5.74) is 3.39. The van der Waals surface area contributed by atoms with E-state index in [1.165, 1.54) is 0 Å². The lowest BCUT2D eigenvalue weighted by atomic mass is 10.2. The molecule has 0 amide bonds. The number of rotatable bonds is 4. The quantitative estimate of drug-likeness (QED) is 0.190. The van der Waals surface area contributed by atoms with E-state index in [9.17, 15) is 0 Å². The fourth-order valence-electron chi connectivity index (χ4n) is 4.70. The van der Waals surface area contributed by atoms with E-state index in [-0.39, 0.29) is 0 Å². The third kappa shape index (κ3) is 5.25. The van der Waals surface area contributed by atoms with Crippen molar-refractivity contribution in [3.05, 3.63) is 111 Å². The number of hydrogen-bond acceptors (Lipinski definition) is 0. The minimum atomic E-state index is -2.95. The van der Waals surface area contributed by atoms with E-state index in [2.05, 4.69) is 0 Å². The molecule has 9 heteroatoms. The van der Waals surface area contributed by atoms with Crippen molar-refractivity contribution < 1.29 is 0 Å². The zero-order valence-corrected chi connectivity index (χ0v) is 27.0. The second-order valence-electron chi connectivity index (χ2n) is 8.80. The van der Waals surface area contributed by atoms with Crippen molar-refractivity contribution in [1.82, 2.24) is 0 Å². The van der Waals surface area contributed by atoms with Crippen LogP contribution in [0, 0.1) is 27.7 Å². The molecule has 4 aromatic rings. The second kappa shape index (κ2) is 11.2. The first kappa shape index (κ1) is 29.6. The van der Waals surface area contributed by atoms with Gasteiger partial charge in [-0.3, -0.25) is 0 Å². The van der Waals surface area contributed by atoms with Gasteiger partial charge in [0.15, 0.2) is 0 Å². The predicted octanol–water partition coefficient (Wildman–Crippen LogP) is 10.8. The molecule has 0 aliphatic carbocycles. The second-order valence-corrected chi connectivity index (χ2v) is 15.4. The van der Waals surface area contributed by atoms with Gasteiger partial charge in [0.1, 0.15) is 28.5 Å². The Kier molecular flexibility index (Phi) is 9.00. The molecule has 0 saturated heterocycles. The largest absolute Gasteiger partial charge is 0.145 e. The van der Waals surface area contributed by atoms with Gasteiger partial charge in [-0.25, -0.2) is 0 Å². The van der Waals surface area contributed by atoms with Crippen LogP contribution in [0.2, 0.25) is 40.2 Å². The predicted molar refractivity (Wildman–Crippen MR) is 170 cm³/mol. The lowest BCUT2D eigenvalue weighted by Crippen LogP contribution is -2.43. The van der Waals surface area contributed by atoms with Gasteiger partial charge >= 0.3 is 0 Å².